The van der Waals surface area contributed by atoms with Gasteiger partial charge in [0.2, 0.25) is 0 Å². The van der Waals surface area contributed by atoms with Gasteiger partial charge in [0.25, 0.3) is 5.56 Å². The fourth-order valence-electron chi connectivity index (χ4n) is 2.59. The Kier molecular flexibility index (Phi) is 4.83. The third-order valence-electron chi connectivity index (χ3n) is 3.98. The van der Waals surface area contributed by atoms with Crippen LogP contribution in [-0.2, 0) is 23.7 Å². The standard InChI is InChI=1S/C17H16N4O5S/c1-8(22)12(9(2)23)27-15-11-14(20(3)17(25)21(4)16(11)24)18-13(19-15)10-6-5-7-26-10/h5-7,12H,1-4H3. The summed E-state index contributed by atoms with van der Waals surface area (Å²) < 4.78 is 7.45. The van der Waals surface area contributed by atoms with Gasteiger partial charge in [-0.05, 0) is 26.0 Å². The van der Waals surface area contributed by atoms with Gasteiger partial charge in [-0.1, -0.05) is 11.8 Å². The van der Waals surface area contributed by atoms with Gasteiger partial charge in [-0.3, -0.25) is 23.5 Å². The molecule has 0 fully saturated rings. The van der Waals surface area contributed by atoms with Crippen LogP contribution in [0.5, 0.6) is 0 Å². The summed E-state index contributed by atoms with van der Waals surface area (Å²) in [6.45, 7) is 2.59. The Hall–Kier alpha value is -3.01. The zero-order chi connectivity index (χ0) is 19.9. The van der Waals surface area contributed by atoms with Crippen LogP contribution in [0.2, 0.25) is 0 Å². The molecule has 0 aliphatic rings. The number of aromatic nitrogens is 4. The van der Waals surface area contributed by atoms with Crippen LogP contribution >= 0.6 is 11.8 Å². The van der Waals surface area contributed by atoms with Crippen molar-refractivity contribution >= 4 is 34.4 Å². The van der Waals surface area contributed by atoms with Crippen molar-refractivity contribution in [2.45, 2.75) is 24.1 Å². The Morgan fingerprint density at radius 3 is 2.33 bits per heavy atom. The molecule has 0 saturated carbocycles. The molecule has 0 N–H and O–H groups in total. The summed E-state index contributed by atoms with van der Waals surface area (Å²) in [6, 6.07) is 3.27. The molecule has 0 aliphatic carbocycles. The molecule has 3 aromatic heterocycles. The molecule has 0 aromatic carbocycles. The van der Waals surface area contributed by atoms with E-state index in [0.717, 1.165) is 16.3 Å². The number of ketones is 2. The Morgan fingerprint density at radius 1 is 1.11 bits per heavy atom. The number of nitrogens with zero attached hydrogens (tertiary/aromatic N) is 4. The molecule has 0 spiro atoms. The molecule has 3 heterocycles. The maximum Gasteiger partial charge on any atom is 0.332 e. The first-order valence-corrected chi connectivity index (χ1v) is 8.79. The van der Waals surface area contributed by atoms with E-state index < -0.39 is 16.5 Å². The normalized spacial score (nSPS) is 11.3. The van der Waals surface area contributed by atoms with E-state index in [1.165, 1.54) is 38.8 Å². The summed E-state index contributed by atoms with van der Waals surface area (Å²) in [5, 5.41) is -0.820. The molecule has 10 heteroatoms. The number of carbonyl (C=O) groups is 2. The summed E-state index contributed by atoms with van der Waals surface area (Å²) in [5.41, 5.74) is -1.06. The van der Waals surface area contributed by atoms with Crippen LogP contribution in [0.1, 0.15) is 13.8 Å². The van der Waals surface area contributed by atoms with Crippen molar-refractivity contribution in [2.75, 3.05) is 0 Å². The quantitative estimate of drug-likeness (QED) is 0.360. The summed E-state index contributed by atoms with van der Waals surface area (Å²) in [4.78, 5) is 57.4. The van der Waals surface area contributed by atoms with E-state index in [4.69, 9.17) is 4.42 Å². The van der Waals surface area contributed by atoms with Crippen molar-refractivity contribution in [3.63, 3.8) is 0 Å². The van der Waals surface area contributed by atoms with Crippen LogP contribution in [0.15, 0.2) is 37.4 Å². The molecule has 0 aliphatic heterocycles. The molecule has 27 heavy (non-hydrogen) atoms. The maximum absolute atomic E-state index is 12.7. The Balaban J connectivity index is 2.39. The molecule has 3 aromatic rings. The number of rotatable bonds is 5. The van der Waals surface area contributed by atoms with E-state index in [1.54, 1.807) is 12.1 Å². The molecule has 140 valence electrons. The van der Waals surface area contributed by atoms with Gasteiger partial charge in [0.15, 0.2) is 28.8 Å². The highest BCUT2D eigenvalue weighted by Gasteiger charge is 2.26. The lowest BCUT2D eigenvalue weighted by Gasteiger charge is -2.13. The van der Waals surface area contributed by atoms with E-state index >= 15 is 0 Å². The van der Waals surface area contributed by atoms with E-state index in [1.807, 2.05) is 0 Å². The molecule has 0 saturated heterocycles. The number of thioether (sulfide) groups is 1. The number of hydrogen-bond acceptors (Lipinski definition) is 8. The highest BCUT2D eigenvalue weighted by molar-refractivity contribution is 8.01. The van der Waals surface area contributed by atoms with Crippen LogP contribution in [0, 0.1) is 0 Å². The topological polar surface area (TPSA) is 117 Å². The van der Waals surface area contributed by atoms with E-state index in [-0.39, 0.29) is 33.5 Å². The van der Waals surface area contributed by atoms with E-state index in [9.17, 15) is 19.2 Å². The molecule has 0 bridgehead atoms. The minimum Gasteiger partial charge on any atom is -0.461 e. The minimum absolute atomic E-state index is 0.0624. The van der Waals surface area contributed by atoms with Gasteiger partial charge >= 0.3 is 5.69 Å². The maximum atomic E-state index is 12.7. The predicted molar refractivity (Wildman–Crippen MR) is 98.7 cm³/mol. The van der Waals surface area contributed by atoms with Gasteiger partial charge in [0.1, 0.15) is 15.7 Å². The van der Waals surface area contributed by atoms with Crippen LogP contribution in [0.4, 0.5) is 0 Å². The first kappa shape index (κ1) is 18.8. The van der Waals surface area contributed by atoms with Crippen molar-refractivity contribution in [3.05, 3.63) is 39.2 Å². The number of hydrogen-bond donors (Lipinski definition) is 0. The average Bonchev–Trinajstić information content (AvgIpc) is 3.16. The Labute approximate surface area is 157 Å². The predicted octanol–water partition coefficient (Wildman–Crippen LogP) is 0.926. The molecule has 0 unspecified atom stereocenters. The fourth-order valence-corrected chi connectivity index (χ4v) is 3.58. The Morgan fingerprint density at radius 2 is 1.78 bits per heavy atom. The number of carbonyl (C=O) groups excluding carboxylic acids is 2. The second-order valence-corrected chi connectivity index (χ2v) is 7.05. The van der Waals surface area contributed by atoms with Crippen LogP contribution in [0.3, 0.4) is 0 Å². The lowest BCUT2D eigenvalue weighted by atomic mass is 10.2. The van der Waals surface area contributed by atoms with Crippen molar-refractivity contribution in [1.82, 2.24) is 19.1 Å². The minimum atomic E-state index is -1.02. The van der Waals surface area contributed by atoms with E-state index in [0.29, 0.717) is 5.76 Å². The average molecular weight is 388 g/mol. The number of aryl methyl sites for hydroxylation is 1. The summed E-state index contributed by atoms with van der Waals surface area (Å²) in [5.74, 6) is -0.251. The SMILES string of the molecule is CC(=O)C(Sc1nc(-c2ccco2)nc2c1c(=O)n(C)c(=O)n2C)C(C)=O. The molecular formula is C17H16N4O5S. The lowest BCUT2D eigenvalue weighted by molar-refractivity contribution is -0.123. The van der Waals surface area contributed by atoms with Gasteiger partial charge < -0.3 is 4.42 Å². The van der Waals surface area contributed by atoms with Crippen molar-refractivity contribution in [2.24, 2.45) is 14.1 Å². The molecule has 9 nitrogen and oxygen atoms in total. The van der Waals surface area contributed by atoms with Crippen LogP contribution < -0.4 is 11.2 Å². The second-order valence-electron chi connectivity index (χ2n) is 5.95. The van der Waals surface area contributed by atoms with Gasteiger partial charge in [-0.2, -0.15) is 0 Å². The summed E-state index contributed by atoms with van der Waals surface area (Å²) in [7, 11) is 2.82. The number of furan rings is 1. The van der Waals surface area contributed by atoms with Crippen LogP contribution in [-0.4, -0.2) is 35.9 Å². The fraction of sp³-hybridized carbons (Fsp3) is 0.294. The zero-order valence-electron chi connectivity index (χ0n) is 15.0. The molecule has 3 rings (SSSR count). The monoisotopic (exact) mass is 388 g/mol. The van der Waals surface area contributed by atoms with Crippen molar-refractivity contribution in [1.29, 1.82) is 0 Å². The summed E-state index contributed by atoms with van der Waals surface area (Å²) >= 11 is 0.863. The first-order valence-electron chi connectivity index (χ1n) is 7.91. The molecular weight excluding hydrogens is 372 g/mol. The highest BCUT2D eigenvalue weighted by Crippen LogP contribution is 2.29. The third-order valence-corrected chi connectivity index (χ3v) is 5.39. The smallest absolute Gasteiger partial charge is 0.332 e. The van der Waals surface area contributed by atoms with Gasteiger partial charge in [-0.25, -0.2) is 14.8 Å². The third kappa shape index (κ3) is 3.23. The van der Waals surface area contributed by atoms with Gasteiger partial charge in [0.05, 0.1) is 6.26 Å². The highest BCUT2D eigenvalue weighted by atomic mass is 32.2. The molecule has 0 atom stereocenters. The van der Waals surface area contributed by atoms with Gasteiger partial charge in [0, 0.05) is 14.1 Å². The van der Waals surface area contributed by atoms with Gasteiger partial charge in [-0.15, -0.1) is 0 Å². The van der Waals surface area contributed by atoms with Crippen molar-refractivity contribution < 1.29 is 14.0 Å². The molecule has 0 amide bonds. The first-order chi connectivity index (χ1) is 12.7. The Bertz CT molecular complexity index is 1160. The zero-order valence-corrected chi connectivity index (χ0v) is 15.9. The lowest BCUT2D eigenvalue weighted by Crippen LogP contribution is -2.38. The van der Waals surface area contributed by atoms with Crippen LogP contribution in [0.25, 0.3) is 22.6 Å². The number of Topliss-reactive ketones (excluding diaryl/α,β-unsaturated/α-hetero) is 2. The number of fused-ring (bicyclic) bond motifs is 1. The van der Waals surface area contributed by atoms with E-state index in [2.05, 4.69) is 9.97 Å². The van der Waals surface area contributed by atoms with Crippen molar-refractivity contribution in [3.8, 4) is 11.6 Å². The molecule has 0 radical (unpaired) electrons. The largest absolute Gasteiger partial charge is 0.461 e. The second kappa shape index (κ2) is 6.95. The summed E-state index contributed by atoms with van der Waals surface area (Å²) in [6.07, 6.45) is 1.44.